The number of hydrogen-bond acceptors (Lipinski definition) is 6. The minimum Gasteiger partial charge on any atom is -0.462 e. The van der Waals surface area contributed by atoms with Crippen LogP contribution in [0.2, 0.25) is 0 Å². The van der Waals surface area contributed by atoms with E-state index >= 15 is 0 Å². The van der Waals surface area contributed by atoms with Crippen LogP contribution in [0.4, 0.5) is 5.00 Å². The normalized spacial score (nSPS) is 10.8. The maximum atomic E-state index is 12.2. The van der Waals surface area contributed by atoms with Gasteiger partial charge in [0.25, 0.3) is 0 Å². The molecule has 7 heteroatoms. The molecule has 0 saturated carbocycles. The monoisotopic (exact) mass is 363 g/mol. The molecule has 0 aliphatic heterocycles. The number of thiophene rings is 2. The molecule has 126 valence electrons. The maximum absolute atomic E-state index is 12.2. The number of hydrogen-bond donors (Lipinski definition) is 1. The topological polar surface area (TPSA) is 72.5 Å². The Morgan fingerprint density at radius 2 is 2.08 bits per heavy atom. The molecule has 0 unspecified atom stereocenters. The van der Waals surface area contributed by atoms with E-state index in [-0.39, 0.29) is 23.9 Å². The van der Waals surface area contributed by atoms with E-state index in [1.807, 2.05) is 17.5 Å². The summed E-state index contributed by atoms with van der Waals surface area (Å²) in [7, 11) is 0. The molecule has 0 aliphatic carbocycles. The van der Waals surface area contributed by atoms with Crippen molar-refractivity contribution in [2.24, 2.45) is 0 Å². The third-order valence-electron chi connectivity index (χ3n) is 3.12. The smallest absolute Gasteiger partial charge is 0.341 e. The number of Topliss-reactive ketones (excluding diaryl/α,β-unsaturated/α-hetero) is 1. The predicted molar refractivity (Wildman–Crippen MR) is 97.0 cm³/mol. The molecule has 0 radical (unpaired) electrons. The molecule has 2 heterocycles. The summed E-state index contributed by atoms with van der Waals surface area (Å²) in [5.74, 6) is -1.07. The van der Waals surface area contributed by atoms with E-state index in [0.717, 1.165) is 16.2 Å². The van der Waals surface area contributed by atoms with Gasteiger partial charge in [-0.3, -0.25) is 9.59 Å². The van der Waals surface area contributed by atoms with Crippen LogP contribution in [-0.2, 0) is 9.53 Å². The summed E-state index contributed by atoms with van der Waals surface area (Å²) in [6, 6.07) is 3.78. The number of carbonyl (C=O) groups is 3. The zero-order valence-electron chi connectivity index (χ0n) is 13.5. The van der Waals surface area contributed by atoms with E-state index in [2.05, 4.69) is 5.32 Å². The molecule has 2 aromatic rings. The van der Waals surface area contributed by atoms with Crippen LogP contribution >= 0.6 is 22.7 Å². The van der Waals surface area contributed by atoms with Gasteiger partial charge in [0.1, 0.15) is 5.00 Å². The number of carbonyl (C=O) groups excluding carboxylic acids is 3. The average Bonchev–Trinajstić information content (AvgIpc) is 3.13. The van der Waals surface area contributed by atoms with Gasteiger partial charge >= 0.3 is 5.97 Å². The second-order valence-electron chi connectivity index (χ2n) is 4.87. The van der Waals surface area contributed by atoms with Gasteiger partial charge in [0, 0.05) is 11.0 Å². The SMILES string of the molecule is CCOC(=O)c1c(NC(=O)/C=C/c2cccs2)sc(C(C)=O)c1C. The number of esters is 1. The Morgan fingerprint density at radius 1 is 1.33 bits per heavy atom. The number of rotatable bonds is 6. The van der Waals surface area contributed by atoms with Crippen LogP contribution in [0.1, 0.15) is 44.3 Å². The number of ether oxygens (including phenoxy) is 1. The molecule has 0 fully saturated rings. The Balaban J connectivity index is 2.27. The number of amides is 1. The second-order valence-corrected chi connectivity index (χ2v) is 6.87. The van der Waals surface area contributed by atoms with Crippen molar-refractivity contribution < 1.29 is 19.1 Å². The van der Waals surface area contributed by atoms with Crippen molar-refractivity contribution in [2.75, 3.05) is 11.9 Å². The van der Waals surface area contributed by atoms with E-state index in [9.17, 15) is 14.4 Å². The fourth-order valence-electron chi connectivity index (χ4n) is 2.08. The Morgan fingerprint density at radius 3 is 2.67 bits per heavy atom. The molecule has 1 N–H and O–H groups in total. The second kappa shape index (κ2) is 8.03. The molecule has 0 aliphatic rings. The molecule has 2 aromatic heterocycles. The van der Waals surface area contributed by atoms with Crippen molar-refractivity contribution in [3.63, 3.8) is 0 Å². The lowest BCUT2D eigenvalue weighted by Gasteiger charge is -2.05. The zero-order chi connectivity index (χ0) is 17.7. The van der Waals surface area contributed by atoms with Gasteiger partial charge in [-0.25, -0.2) is 4.79 Å². The van der Waals surface area contributed by atoms with E-state index in [1.54, 1.807) is 19.9 Å². The van der Waals surface area contributed by atoms with Crippen LogP contribution in [-0.4, -0.2) is 24.3 Å². The molecule has 1 amide bonds. The van der Waals surface area contributed by atoms with Crippen LogP contribution in [0, 0.1) is 6.92 Å². The summed E-state index contributed by atoms with van der Waals surface area (Å²) in [5, 5.41) is 4.92. The first-order valence-electron chi connectivity index (χ1n) is 7.28. The molecular formula is C17H17NO4S2. The van der Waals surface area contributed by atoms with Crippen molar-refractivity contribution in [2.45, 2.75) is 20.8 Å². The molecule has 0 aromatic carbocycles. The molecule has 0 bridgehead atoms. The van der Waals surface area contributed by atoms with Gasteiger partial charge in [-0.05, 0) is 43.9 Å². The molecule has 0 atom stereocenters. The third kappa shape index (κ3) is 4.18. The Hall–Kier alpha value is -2.25. The highest BCUT2D eigenvalue weighted by atomic mass is 32.1. The summed E-state index contributed by atoms with van der Waals surface area (Å²) in [5.41, 5.74) is 0.772. The van der Waals surface area contributed by atoms with E-state index < -0.39 is 5.97 Å². The number of nitrogens with one attached hydrogen (secondary N) is 1. The highest BCUT2D eigenvalue weighted by Crippen LogP contribution is 2.34. The van der Waals surface area contributed by atoms with Gasteiger partial charge < -0.3 is 10.1 Å². The average molecular weight is 363 g/mol. The largest absolute Gasteiger partial charge is 0.462 e. The first-order valence-corrected chi connectivity index (χ1v) is 8.97. The molecule has 2 rings (SSSR count). The third-order valence-corrected chi connectivity index (χ3v) is 5.27. The lowest BCUT2D eigenvalue weighted by atomic mass is 10.1. The molecule has 5 nitrogen and oxygen atoms in total. The minimum absolute atomic E-state index is 0.155. The lowest BCUT2D eigenvalue weighted by molar-refractivity contribution is -0.111. The minimum atomic E-state index is -0.545. The van der Waals surface area contributed by atoms with Gasteiger partial charge in [-0.2, -0.15) is 0 Å². The van der Waals surface area contributed by atoms with E-state index in [4.69, 9.17) is 4.74 Å². The van der Waals surface area contributed by atoms with Crippen molar-refractivity contribution in [1.82, 2.24) is 0 Å². The fraction of sp³-hybridized carbons (Fsp3) is 0.235. The van der Waals surface area contributed by atoms with Gasteiger partial charge in [0.05, 0.1) is 17.0 Å². The summed E-state index contributed by atoms with van der Waals surface area (Å²) >= 11 is 2.60. The van der Waals surface area contributed by atoms with Crippen LogP contribution in [0.15, 0.2) is 23.6 Å². The molecule has 0 spiro atoms. The van der Waals surface area contributed by atoms with Gasteiger partial charge in [-0.1, -0.05) is 6.07 Å². The van der Waals surface area contributed by atoms with Gasteiger partial charge in [-0.15, -0.1) is 22.7 Å². The zero-order valence-corrected chi connectivity index (χ0v) is 15.2. The summed E-state index contributed by atoms with van der Waals surface area (Å²) in [4.78, 5) is 37.4. The Labute approximate surface area is 148 Å². The summed E-state index contributed by atoms with van der Waals surface area (Å²) in [6.07, 6.45) is 3.08. The van der Waals surface area contributed by atoms with Crippen molar-refractivity contribution in [3.8, 4) is 0 Å². The van der Waals surface area contributed by atoms with Crippen molar-refractivity contribution in [1.29, 1.82) is 0 Å². The highest BCUT2D eigenvalue weighted by Gasteiger charge is 2.24. The van der Waals surface area contributed by atoms with Crippen LogP contribution in [0.3, 0.4) is 0 Å². The first kappa shape index (κ1) is 18.1. The van der Waals surface area contributed by atoms with Crippen LogP contribution < -0.4 is 5.32 Å². The Kier molecular flexibility index (Phi) is 6.05. The molecule has 24 heavy (non-hydrogen) atoms. The predicted octanol–water partition coefficient (Wildman–Crippen LogP) is 4.15. The Bertz CT molecular complexity index is 788. The lowest BCUT2D eigenvalue weighted by Crippen LogP contribution is -2.12. The van der Waals surface area contributed by atoms with E-state index in [0.29, 0.717) is 15.4 Å². The standard InChI is InChI=1S/C17H17NO4S2/c1-4-22-17(21)14-10(2)15(11(3)19)24-16(14)18-13(20)8-7-12-6-5-9-23-12/h5-9H,4H2,1-3H3,(H,18,20)/b8-7+. The molecular weight excluding hydrogens is 346 g/mol. The first-order chi connectivity index (χ1) is 11.4. The summed E-state index contributed by atoms with van der Waals surface area (Å²) < 4.78 is 5.03. The fourth-order valence-corrected chi connectivity index (χ4v) is 3.80. The van der Waals surface area contributed by atoms with Crippen molar-refractivity contribution >= 4 is 51.4 Å². The number of ketones is 1. The highest BCUT2D eigenvalue weighted by molar-refractivity contribution is 7.18. The van der Waals surface area contributed by atoms with Crippen LogP contribution in [0.25, 0.3) is 6.08 Å². The molecule has 0 saturated heterocycles. The van der Waals surface area contributed by atoms with Crippen LogP contribution in [0.5, 0.6) is 0 Å². The van der Waals surface area contributed by atoms with Crippen molar-refractivity contribution in [3.05, 3.63) is 44.5 Å². The maximum Gasteiger partial charge on any atom is 0.341 e. The van der Waals surface area contributed by atoms with Gasteiger partial charge in [0.15, 0.2) is 5.78 Å². The number of anilines is 1. The van der Waals surface area contributed by atoms with E-state index in [1.165, 1.54) is 24.3 Å². The summed E-state index contributed by atoms with van der Waals surface area (Å²) in [6.45, 7) is 5.02. The quantitative estimate of drug-likeness (QED) is 0.475. The van der Waals surface area contributed by atoms with Gasteiger partial charge in [0.2, 0.25) is 5.91 Å².